The first-order valence-corrected chi connectivity index (χ1v) is 6.22. The van der Waals surface area contributed by atoms with Crippen LogP contribution in [0.25, 0.3) is 0 Å². The van der Waals surface area contributed by atoms with Gasteiger partial charge in [0.2, 0.25) is 0 Å². The van der Waals surface area contributed by atoms with Crippen LogP contribution in [0.3, 0.4) is 0 Å². The van der Waals surface area contributed by atoms with Gasteiger partial charge in [0.05, 0.1) is 7.11 Å². The van der Waals surface area contributed by atoms with Crippen LogP contribution in [0, 0.1) is 0 Å². The summed E-state index contributed by atoms with van der Waals surface area (Å²) in [7, 11) is 1.75. The van der Waals surface area contributed by atoms with Crippen LogP contribution in [-0.4, -0.2) is 20.2 Å². The molecular weight excluding hydrogens is 198 g/mol. The number of hydrogen-bond donors (Lipinski definition) is 1. The number of benzene rings is 1. The maximum atomic E-state index is 5.37. The van der Waals surface area contributed by atoms with Gasteiger partial charge in [-0.1, -0.05) is 13.0 Å². The zero-order chi connectivity index (χ0) is 11.4. The zero-order valence-electron chi connectivity index (χ0n) is 10.3. The number of piperidine rings is 1. The molecular formula is C14H21NO. The molecule has 1 aliphatic heterocycles. The molecule has 0 aliphatic carbocycles. The van der Waals surface area contributed by atoms with Gasteiger partial charge in [0, 0.05) is 0 Å². The maximum absolute atomic E-state index is 5.37. The minimum Gasteiger partial charge on any atom is -0.497 e. The van der Waals surface area contributed by atoms with Gasteiger partial charge < -0.3 is 10.1 Å². The minimum absolute atomic E-state index is 0.710. The molecule has 2 heteroatoms. The summed E-state index contributed by atoms with van der Waals surface area (Å²) in [5.74, 6) is 1.72. The fraction of sp³-hybridized carbons (Fsp3) is 0.571. The Bertz CT molecular complexity index is 320. The molecule has 0 saturated carbocycles. The van der Waals surface area contributed by atoms with E-state index in [1.807, 2.05) is 0 Å². The molecule has 1 aromatic rings. The largest absolute Gasteiger partial charge is 0.497 e. The normalized spacial score (nSPS) is 17.4. The number of ether oxygens (including phenoxy) is 1. The van der Waals surface area contributed by atoms with E-state index in [-0.39, 0.29) is 0 Å². The Morgan fingerprint density at radius 1 is 1.25 bits per heavy atom. The minimum atomic E-state index is 0.710. The van der Waals surface area contributed by atoms with Crippen molar-refractivity contribution in [2.45, 2.75) is 32.1 Å². The van der Waals surface area contributed by atoms with Gasteiger partial charge in [-0.3, -0.25) is 0 Å². The van der Waals surface area contributed by atoms with Crippen LogP contribution in [0.15, 0.2) is 18.2 Å². The zero-order valence-corrected chi connectivity index (χ0v) is 10.3. The quantitative estimate of drug-likeness (QED) is 0.844. The molecule has 1 fully saturated rings. The highest BCUT2D eigenvalue weighted by Crippen LogP contribution is 2.29. The van der Waals surface area contributed by atoms with Crippen molar-refractivity contribution >= 4 is 0 Å². The number of methoxy groups -OCH3 is 1. The van der Waals surface area contributed by atoms with Crippen molar-refractivity contribution in [1.29, 1.82) is 0 Å². The Hall–Kier alpha value is -1.02. The summed E-state index contributed by atoms with van der Waals surface area (Å²) in [5, 5.41) is 3.41. The van der Waals surface area contributed by atoms with Crippen molar-refractivity contribution in [3.63, 3.8) is 0 Å². The molecule has 0 spiro atoms. The van der Waals surface area contributed by atoms with Gasteiger partial charge in [-0.2, -0.15) is 0 Å². The highest BCUT2D eigenvalue weighted by molar-refractivity contribution is 5.36. The molecule has 1 aromatic carbocycles. The second kappa shape index (κ2) is 5.35. The second-order valence-electron chi connectivity index (χ2n) is 4.49. The van der Waals surface area contributed by atoms with E-state index < -0.39 is 0 Å². The van der Waals surface area contributed by atoms with E-state index >= 15 is 0 Å². The van der Waals surface area contributed by atoms with Gasteiger partial charge in [-0.05, 0) is 61.5 Å². The molecule has 1 saturated heterocycles. The van der Waals surface area contributed by atoms with Crippen LogP contribution in [0.1, 0.15) is 36.8 Å². The van der Waals surface area contributed by atoms with Gasteiger partial charge >= 0.3 is 0 Å². The fourth-order valence-corrected chi connectivity index (χ4v) is 2.40. The lowest BCUT2D eigenvalue weighted by Gasteiger charge is -2.23. The molecule has 2 rings (SSSR count). The summed E-state index contributed by atoms with van der Waals surface area (Å²) in [4.78, 5) is 0. The van der Waals surface area contributed by atoms with Gasteiger partial charge in [0.15, 0.2) is 0 Å². The predicted molar refractivity (Wildman–Crippen MR) is 67.2 cm³/mol. The molecule has 0 amide bonds. The van der Waals surface area contributed by atoms with E-state index in [9.17, 15) is 0 Å². The van der Waals surface area contributed by atoms with E-state index in [0.29, 0.717) is 5.92 Å². The average molecular weight is 219 g/mol. The third-order valence-electron chi connectivity index (χ3n) is 3.44. The van der Waals surface area contributed by atoms with Crippen molar-refractivity contribution in [2.75, 3.05) is 20.2 Å². The first-order chi connectivity index (χ1) is 7.83. The Morgan fingerprint density at radius 3 is 2.62 bits per heavy atom. The van der Waals surface area contributed by atoms with Crippen molar-refractivity contribution in [2.24, 2.45) is 0 Å². The molecule has 1 aliphatic rings. The summed E-state index contributed by atoms with van der Waals surface area (Å²) >= 11 is 0. The van der Waals surface area contributed by atoms with Crippen molar-refractivity contribution in [3.05, 3.63) is 29.3 Å². The molecule has 0 bridgehead atoms. The number of hydrogen-bond acceptors (Lipinski definition) is 2. The van der Waals surface area contributed by atoms with Crippen molar-refractivity contribution in [3.8, 4) is 5.75 Å². The Labute approximate surface area is 98.0 Å². The fourth-order valence-electron chi connectivity index (χ4n) is 2.40. The van der Waals surface area contributed by atoms with Gasteiger partial charge in [-0.25, -0.2) is 0 Å². The SMILES string of the molecule is CCc1cc(OC)cc(C2CCNCC2)c1. The van der Waals surface area contributed by atoms with Crippen LogP contribution in [0.5, 0.6) is 5.75 Å². The van der Waals surface area contributed by atoms with E-state index in [2.05, 4.69) is 30.4 Å². The first kappa shape index (κ1) is 11.5. The van der Waals surface area contributed by atoms with Crippen LogP contribution in [0.2, 0.25) is 0 Å². The molecule has 0 atom stereocenters. The summed E-state index contributed by atoms with van der Waals surface area (Å²) in [6.07, 6.45) is 3.57. The standard InChI is InChI=1S/C14H21NO/c1-3-11-8-13(10-14(9-11)16-2)12-4-6-15-7-5-12/h8-10,12,15H,3-7H2,1-2H3. The third kappa shape index (κ3) is 2.56. The van der Waals surface area contributed by atoms with Gasteiger partial charge in [-0.15, -0.1) is 0 Å². The number of rotatable bonds is 3. The summed E-state index contributed by atoms with van der Waals surface area (Å²) in [5.41, 5.74) is 2.84. The lowest BCUT2D eigenvalue weighted by Crippen LogP contribution is -2.26. The van der Waals surface area contributed by atoms with E-state index in [1.165, 1.54) is 24.0 Å². The number of aryl methyl sites for hydroxylation is 1. The number of nitrogens with one attached hydrogen (secondary N) is 1. The predicted octanol–water partition coefficient (Wildman–Crippen LogP) is 2.72. The summed E-state index contributed by atoms with van der Waals surface area (Å²) < 4.78 is 5.37. The smallest absolute Gasteiger partial charge is 0.119 e. The topological polar surface area (TPSA) is 21.3 Å². The molecule has 0 radical (unpaired) electrons. The van der Waals surface area contributed by atoms with Crippen molar-refractivity contribution in [1.82, 2.24) is 5.32 Å². The molecule has 1 heterocycles. The van der Waals surface area contributed by atoms with Crippen LogP contribution in [0.4, 0.5) is 0 Å². The molecule has 1 N–H and O–H groups in total. The molecule has 0 unspecified atom stereocenters. The summed E-state index contributed by atoms with van der Waals surface area (Å²) in [6, 6.07) is 6.69. The lowest BCUT2D eigenvalue weighted by molar-refractivity contribution is 0.410. The molecule has 2 nitrogen and oxygen atoms in total. The van der Waals surface area contributed by atoms with Crippen LogP contribution < -0.4 is 10.1 Å². The third-order valence-corrected chi connectivity index (χ3v) is 3.44. The first-order valence-electron chi connectivity index (χ1n) is 6.22. The average Bonchev–Trinajstić information content (AvgIpc) is 2.39. The van der Waals surface area contributed by atoms with E-state index in [4.69, 9.17) is 4.74 Å². The molecule has 88 valence electrons. The van der Waals surface area contributed by atoms with E-state index in [0.717, 1.165) is 25.3 Å². The van der Waals surface area contributed by atoms with Gasteiger partial charge in [0.25, 0.3) is 0 Å². The Balaban J connectivity index is 2.24. The highest BCUT2D eigenvalue weighted by Gasteiger charge is 2.16. The summed E-state index contributed by atoms with van der Waals surface area (Å²) in [6.45, 7) is 4.48. The Kier molecular flexibility index (Phi) is 3.83. The monoisotopic (exact) mass is 219 g/mol. The maximum Gasteiger partial charge on any atom is 0.119 e. The van der Waals surface area contributed by atoms with E-state index in [1.54, 1.807) is 7.11 Å². The Morgan fingerprint density at radius 2 is 2.00 bits per heavy atom. The lowest BCUT2D eigenvalue weighted by atomic mass is 9.89. The van der Waals surface area contributed by atoms with Crippen LogP contribution >= 0.6 is 0 Å². The van der Waals surface area contributed by atoms with Gasteiger partial charge in [0.1, 0.15) is 5.75 Å². The molecule has 0 aromatic heterocycles. The van der Waals surface area contributed by atoms with Crippen molar-refractivity contribution < 1.29 is 4.74 Å². The van der Waals surface area contributed by atoms with Crippen LogP contribution in [-0.2, 0) is 6.42 Å². The highest BCUT2D eigenvalue weighted by atomic mass is 16.5. The molecule has 16 heavy (non-hydrogen) atoms. The second-order valence-corrected chi connectivity index (χ2v) is 4.49.